The third kappa shape index (κ3) is 2.91. The Balaban J connectivity index is 1.89. The molecule has 1 aromatic rings. The molecule has 0 aliphatic carbocycles. The van der Waals surface area contributed by atoms with Gasteiger partial charge in [0.2, 0.25) is 0 Å². The molecular formula is C10H15N3O2S. The van der Waals surface area contributed by atoms with Crippen molar-refractivity contribution in [2.75, 3.05) is 23.4 Å². The summed E-state index contributed by atoms with van der Waals surface area (Å²) in [6, 6.07) is 1.90. The Labute approximate surface area is 95.2 Å². The van der Waals surface area contributed by atoms with E-state index in [0.717, 1.165) is 12.0 Å². The molecule has 0 aromatic carbocycles. The second-order valence-corrected chi connectivity index (χ2v) is 6.50. The summed E-state index contributed by atoms with van der Waals surface area (Å²) in [5.74, 6) is 1.52. The summed E-state index contributed by atoms with van der Waals surface area (Å²) in [5, 5.41) is 10.9. The highest BCUT2D eigenvalue weighted by atomic mass is 32.2. The minimum atomic E-state index is -2.78. The number of aromatic nitrogens is 2. The van der Waals surface area contributed by atoms with E-state index in [1.165, 1.54) is 0 Å². The van der Waals surface area contributed by atoms with Crippen LogP contribution in [-0.4, -0.2) is 36.7 Å². The molecule has 1 atom stereocenters. The quantitative estimate of drug-likeness (QED) is 0.840. The van der Waals surface area contributed by atoms with Gasteiger partial charge in [-0.1, -0.05) is 0 Å². The Hall–Kier alpha value is -1.17. The van der Waals surface area contributed by atoms with Gasteiger partial charge in [0.25, 0.3) is 0 Å². The Morgan fingerprint density at radius 2 is 2.38 bits per heavy atom. The van der Waals surface area contributed by atoms with Crippen LogP contribution in [-0.2, 0) is 9.84 Å². The van der Waals surface area contributed by atoms with Crippen molar-refractivity contribution in [2.24, 2.45) is 5.92 Å². The molecule has 1 aliphatic heterocycles. The molecular weight excluding hydrogens is 226 g/mol. The lowest BCUT2D eigenvalue weighted by Gasteiger charge is -2.09. The van der Waals surface area contributed by atoms with Crippen LogP contribution in [0.3, 0.4) is 0 Å². The predicted molar refractivity (Wildman–Crippen MR) is 62.0 cm³/mol. The van der Waals surface area contributed by atoms with Crippen molar-refractivity contribution in [3.05, 3.63) is 17.8 Å². The molecule has 88 valence electrons. The molecule has 1 saturated heterocycles. The highest BCUT2D eigenvalue weighted by Crippen LogP contribution is 2.18. The van der Waals surface area contributed by atoms with Gasteiger partial charge in [-0.3, -0.25) is 0 Å². The first kappa shape index (κ1) is 11.3. The van der Waals surface area contributed by atoms with Crippen molar-refractivity contribution >= 4 is 15.7 Å². The average molecular weight is 241 g/mol. The largest absolute Gasteiger partial charge is 0.368 e. The summed E-state index contributed by atoms with van der Waals surface area (Å²) in [6.07, 6.45) is 2.43. The fourth-order valence-electron chi connectivity index (χ4n) is 1.83. The van der Waals surface area contributed by atoms with Crippen LogP contribution in [0.4, 0.5) is 5.82 Å². The summed E-state index contributed by atoms with van der Waals surface area (Å²) in [6.45, 7) is 2.59. The van der Waals surface area contributed by atoms with Crippen molar-refractivity contribution in [3.63, 3.8) is 0 Å². The van der Waals surface area contributed by atoms with Crippen molar-refractivity contribution < 1.29 is 8.42 Å². The first-order valence-corrected chi connectivity index (χ1v) is 7.11. The number of hydrogen-bond acceptors (Lipinski definition) is 5. The number of sulfone groups is 1. The summed E-state index contributed by atoms with van der Waals surface area (Å²) in [4.78, 5) is 0. The van der Waals surface area contributed by atoms with Gasteiger partial charge in [0.05, 0.1) is 17.7 Å². The van der Waals surface area contributed by atoms with Crippen LogP contribution in [0.25, 0.3) is 0 Å². The van der Waals surface area contributed by atoms with Crippen LogP contribution in [0, 0.1) is 12.8 Å². The first-order chi connectivity index (χ1) is 7.55. The smallest absolute Gasteiger partial charge is 0.150 e. The van der Waals surface area contributed by atoms with E-state index < -0.39 is 9.84 Å². The molecule has 1 N–H and O–H groups in total. The Bertz CT molecular complexity index is 473. The van der Waals surface area contributed by atoms with Crippen LogP contribution < -0.4 is 5.32 Å². The highest BCUT2D eigenvalue weighted by Gasteiger charge is 2.27. The summed E-state index contributed by atoms with van der Waals surface area (Å²) in [7, 11) is -2.78. The fourth-order valence-corrected chi connectivity index (χ4v) is 3.69. The Morgan fingerprint density at radius 1 is 1.56 bits per heavy atom. The van der Waals surface area contributed by atoms with Gasteiger partial charge < -0.3 is 5.32 Å². The molecule has 2 heterocycles. The zero-order valence-electron chi connectivity index (χ0n) is 9.18. The molecule has 0 spiro atoms. The van der Waals surface area contributed by atoms with Gasteiger partial charge >= 0.3 is 0 Å². The topological polar surface area (TPSA) is 72.0 Å². The van der Waals surface area contributed by atoms with Gasteiger partial charge in [-0.2, -0.15) is 5.10 Å². The predicted octanol–water partition coefficient (Wildman–Crippen LogP) is 0.632. The third-order valence-electron chi connectivity index (χ3n) is 2.69. The number of aryl methyl sites for hydroxylation is 1. The molecule has 0 amide bonds. The van der Waals surface area contributed by atoms with Gasteiger partial charge in [0.15, 0.2) is 9.84 Å². The molecule has 0 bridgehead atoms. The van der Waals surface area contributed by atoms with Gasteiger partial charge in [0, 0.05) is 6.54 Å². The molecule has 2 rings (SSSR count). The van der Waals surface area contributed by atoms with E-state index in [4.69, 9.17) is 0 Å². The lowest BCUT2D eigenvalue weighted by molar-refractivity contribution is 0.595. The van der Waals surface area contributed by atoms with Gasteiger partial charge in [0.1, 0.15) is 5.82 Å². The SMILES string of the molecule is Cc1cnnc(NCC2CCS(=O)(=O)C2)c1. The monoisotopic (exact) mass is 241 g/mol. The molecule has 1 unspecified atom stereocenters. The van der Waals surface area contributed by atoms with E-state index in [-0.39, 0.29) is 5.92 Å². The molecule has 1 aromatic heterocycles. The third-order valence-corrected chi connectivity index (χ3v) is 4.53. The highest BCUT2D eigenvalue weighted by molar-refractivity contribution is 7.91. The molecule has 1 fully saturated rings. The van der Waals surface area contributed by atoms with Crippen molar-refractivity contribution in [2.45, 2.75) is 13.3 Å². The minimum Gasteiger partial charge on any atom is -0.368 e. The van der Waals surface area contributed by atoms with Crippen LogP contribution in [0.2, 0.25) is 0 Å². The Morgan fingerprint density at radius 3 is 3.00 bits per heavy atom. The van der Waals surface area contributed by atoms with Crippen molar-refractivity contribution in [3.8, 4) is 0 Å². The lowest BCUT2D eigenvalue weighted by atomic mass is 10.1. The van der Waals surface area contributed by atoms with Crippen molar-refractivity contribution in [1.82, 2.24) is 10.2 Å². The number of nitrogens with zero attached hydrogens (tertiary/aromatic N) is 2. The average Bonchev–Trinajstić information content (AvgIpc) is 2.56. The number of hydrogen-bond donors (Lipinski definition) is 1. The lowest BCUT2D eigenvalue weighted by Crippen LogP contribution is -2.16. The minimum absolute atomic E-state index is 0.201. The maximum Gasteiger partial charge on any atom is 0.150 e. The molecule has 0 saturated carbocycles. The normalized spacial score (nSPS) is 23.2. The Kier molecular flexibility index (Phi) is 3.09. The van der Waals surface area contributed by atoms with E-state index in [9.17, 15) is 8.42 Å². The van der Waals surface area contributed by atoms with Crippen LogP contribution in [0.15, 0.2) is 12.3 Å². The molecule has 16 heavy (non-hydrogen) atoms. The van der Waals surface area contributed by atoms with E-state index >= 15 is 0 Å². The number of anilines is 1. The van der Waals surface area contributed by atoms with Crippen LogP contribution in [0.1, 0.15) is 12.0 Å². The maximum absolute atomic E-state index is 11.3. The van der Waals surface area contributed by atoms with E-state index in [0.29, 0.717) is 23.9 Å². The molecule has 1 aliphatic rings. The summed E-state index contributed by atoms with van der Waals surface area (Å²) < 4.78 is 22.5. The van der Waals surface area contributed by atoms with Gasteiger partial charge in [-0.05, 0) is 30.9 Å². The van der Waals surface area contributed by atoms with E-state index in [1.807, 2.05) is 13.0 Å². The summed E-state index contributed by atoms with van der Waals surface area (Å²) >= 11 is 0. The zero-order valence-corrected chi connectivity index (χ0v) is 10.00. The van der Waals surface area contributed by atoms with E-state index in [2.05, 4.69) is 15.5 Å². The molecule has 6 heteroatoms. The fraction of sp³-hybridized carbons (Fsp3) is 0.600. The standard InChI is InChI=1S/C10H15N3O2S/c1-8-4-10(13-12-5-8)11-6-9-2-3-16(14,15)7-9/h4-5,9H,2-3,6-7H2,1H3,(H,11,13). The number of nitrogens with one attached hydrogen (secondary N) is 1. The molecule has 5 nitrogen and oxygen atoms in total. The second-order valence-electron chi connectivity index (χ2n) is 4.27. The van der Waals surface area contributed by atoms with Crippen LogP contribution >= 0.6 is 0 Å². The second kappa shape index (κ2) is 4.37. The number of rotatable bonds is 3. The van der Waals surface area contributed by atoms with Gasteiger partial charge in [-0.25, -0.2) is 8.42 Å². The summed E-state index contributed by atoms with van der Waals surface area (Å²) in [5.41, 5.74) is 1.04. The van der Waals surface area contributed by atoms with E-state index in [1.54, 1.807) is 6.20 Å². The van der Waals surface area contributed by atoms with Gasteiger partial charge in [-0.15, -0.1) is 5.10 Å². The first-order valence-electron chi connectivity index (χ1n) is 5.29. The molecule has 0 radical (unpaired) electrons. The van der Waals surface area contributed by atoms with Crippen LogP contribution in [0.5, 0.6) is 0 Å². The zero-order chi connectivity index (χ0) is 11.6. The van der Waals surface area contributed by atoms with Crippen molar-refractivity contribution in [1.29, 1.82) is 0 Å². The maximum atomic E-state index is 11.3.